The molecule has 2 aliphatic rings. The Morgan fingerprint density at radius 2 is 1.54 bits per heavy atom. The molecule has 2 aliphatic carbocycles. The highest BCUT2D eigenvalue weighted by atomic mass is 19.1. The summed E-state index contributed by atoms with van der Waals surface area (Å²) in [6.07, 6.45) is 14.8. The van der Waals surface area contributed by atoms with Gasteiger partial charge in [-0.1, -0.05) is 62.2 Å². The minimum absolute atomic E-state index is 0.0278. The van der Waals surface area contributed by atoms with Gasteiger partial charge in [0.1, 0.15) is 17.4 Å². The third-order valence-electron chi connectivity index (χ3n) is 8.85. The van der Waals surface area contributed by atoms with Crippen LogP contribution in [0.4, 0.5) is 8.78 Å². The highest BCUT2D eigenvalue weighted by Crippen LogP contribution is 2.43. The van der Waals surface area contributed by atoms with Crippen LogP contribution >= 0.6 is 0 Å². The molecule has 4 heteroatoms. The summed E-state index contributed by atoms with van der Waals surface area (Å²) < 4.78 is 34.3. The lowest BCUT2D eigenvalue weighted by Gasteiger charge is -2.38. The van der Waals surface area contributed by atoms with Crippen LogP contribution in [-0.4, -0.2) is 5.97 Å². The summed E-state index contributed by atoms with van der Waals surface area (Å²) in [7, 11) is 0. The standard InChI is InChI=1S/C33H42F2O2/c1-3-4-6-11-30-31(34)21-29(22-32(30)35)37-33(36)28-18-16-27(17-19-28)26-14-12-24(13-15-26)20-23(2)25-9-7-5-8-10-25/h3-5,7-10,21-24,26-28H,6,11-20H2,1-2H3/b4-3+/t23-,24?,26?,27?,28?/m1/s1. The highest BCUT2D eigenvalue weighted by Gasteiger charge is 2.34. The molecule has 2 saturated carbocycles. The molecule has 37 heavy (non-hydrogen) atoms. The van der Waals surface area contributed by atoms with Gasteiger partial charge < -0.3 is 4.74 Å². The molecule has 0 bridgehead atoms. The Morgan fingerprint density at radius 1 is 0.946 bits per heavy atom. The topological polar surface area (TPSA) is 26.3 Å². The minimum Gasteiger partial charge on any atom is -0.426 e. The number of halogens is 2. The fourth-order valence-electron chi connectivity index (χ4n) is 6.61. The molecule has 0 aliphatic heterocycles. The number of carbonyl (C=O) groups is 1. The number of hydrogen-bond donors (Lipinski definition) is 0. The minimum atomic E-state index is -0.648. The van der Waals surface area contributed by atoms with Crippen molar-refractivity contribution >= 4 is 5.97 Å². The molecule has 0 amide bonds. The van der Waals surface area contributed by atoms with Gasteiger partial charge in [-0.3, -0.25) is 4.79 Å². The molecule has 0 heterocycles. The van der Waals surface area contributed by atoms with Crippen molar-refractivity contribution in [2.45, 2.75) is 90.4 Å². The smallest absolute Gasteiger partial charge is 0.314 e. The van der Waals surface area contributed by atoms with Crippen molar-refractivity contribution in [1.29, 1.82) is 0 Å². The molecule has 2 fully saturated rings. The second-order valence-electron chi connectivity index (χ2n) is 11.3. The molecule has 2 nitrogen and oxygen atoms in total. The Hall–Kier alpha value is -2.49. The van der Waals surface area contributed by atoms with E-state index >= 15 is 0 Å². The van der Waals surface area contributed by atoms with E-state index in [1.54, 1.807) is 0 Å². The van der Waals surface area contributed by atoms with Gasteiger partial charge in [-0.25, -0.2) is 8.78 Å². The number of esters is 1. The number of hydrogen-bond acceptors (Lipinski definition) is 2. The van der Waals surface area contributed by atoms with Crippen molar-refractivity contribution in [1.82, 2.24) is 0 Å². The van der Waals surface area contributed by atoms with Crippen molar-refractivity contribution in [2.75, 3.05) is 0 Å². The van der Waals surface area contributed by atoms with E-state index in [0.29, 0.717) is 18.3 Å². The van der Waals surface area contributed by atoms with Gasteiger partial charge in [0.2, 0.25) is 0 Å². The maximum atomic E-state index is 14.4. The second kappa shape index (κ2) is 13.3. The van der Waals surface area contributed by atoms with Gasteiger partial charge in [-0.2, -0.15) is 0 Å². The van der Waals surface area contributed by atoms with E-state index in [1.807, 2.05) is 19.1 Å². The van der Waals surface area contributed by atoms with Gasteiger partial charge in [0, 0.05) is 17.7 Å². The quantitative estimate of drug-likeness (QED) is 0.192. The normalized spacial score (nSPS) is 25.2. The Bertz CT molecular complexity index is 1010. The van der Waals surface area contributed by atoms with Crippen molar-refractivity contribution in [2.24, 2.45) is 23.7 Å². The van der Waals surface area contributed by atoms with E-state index in [-0.39, 0.29) is 29.6 Å². The maximum Gasteiger partial charge on any atom is 0.314 e. The first-order valence-corrected chi connectivity index (χ1v) is 14.3. The van der Waals surface area contributed by atoms with Crippen molar-refractivity contribution in [3.63, 3.8) is 0 Å². The Morgan fingerprint density at radius 3 is 2.14 bits per heavy atom. The predicted molar refractivity (Wildman–Crippen MR) is 145 cm³/mol. The van der Waals surface area contributed by atoms with E-state index in [1.165, 1.54) is 37.7 Å². The first-order chi connectivity index (χ1) is 17.9. The SMILES string of the molecule is C/C=C/CCc1c(F)cc(OC(=O)C2CCC(C3CCC(C[C@@H](C)c4ccccc4)CC3)CC2)cc1F. The van der Waals surface area contributed by atoms with Gasteiger partial charge in [-0.05, 0) is 93.9 Å². The maximum absolute atomic E-state index is 14.4. The van der Waals surface area contributed by atoms with E-state index in [2.05, 4.69) is 37.3 Å². The summed E-state index contributed by atoms with van der Waals surface area (Å²) in [6, 6.07) is 13.1. The number of allylic oxidation sites excluding steroid dienone is 2. The van der Waals surface area contributed by atoms with Gasteiger partial charge in [0.25, 0.3) is 0 Å². The molecular formula is C33H42F2O2. The first kappa shape index (κ1) is 27.5. The molecule has 0 unspecified atom stereocenters. The van der Waals surface area contributed by atoms with Crippen LogP contribution in [-0.2, 0) is 11.2 Å². The third kappa shape index (κ3) is 7.52. The van der Waals surface area contributed by atoms with Crippen LogP contribution in [0.25, 0.3) is 0 Å². The summed E-state index contributed by atoms with van der Waals surface area (Å²) in [5, 5.41) is 0. The van der Waals surface area contributed by atoms with Crippen LogP contribution < -0.4 is 4.74 Å². The average Bonchev–Trinajstić information content (AvgIpc) is 2.91. The van der Waals surface area contributed by atoms with E-state index < -0.39 is 11.6 Å². The van der Waals surface area contributed by atoms with Crippen LogP contribution in [0.3, 0.4) is 0 Å². The molecule has 4 rings (SSSR count). The first-order valence-electron chi connectivity index (χ1n) is 14.3. The predicted octanol–water partition coefficient (Wildman–Crippen LogP) is 9.19. The van der Waals surface area contributed by atoms with Crippen molar-refractivity contribution in [3.8, 4) is 5.75 Å². The summed E-state index contributed by atoms with van der Waals surface area (Å²) in [5.41, 5.74) is 1.49. The molecule has 2 aromatic rings. The van der Waals surface area contributed by atoms with Crippen LogP contribution in [0.5, 0.6) is 5.75 Å². The lowest BCUT2D eigenvalue weighted by Crippen LogP contribution is -2.30. The molecule has 200 valence electrons. The zero-order valence-electron chi connectivity index (χ0n) is 22.4. The van der Waals surface area contributed by atoms with Crippen LogP contribution in [0.2, 0.25) is 0 Å². The van der Waals surface area contributed by atoms with Gasteiger partial charge in [-0.15, -0.1) is 0 Å². The Balaban J connectivity index is 1.21. The third-order valence-corrected chi connectivity index (χ3v) is 8.85. The largest absolute Gasteiger partial charge is 0.426 e. The molecule has 0 saturated heterocycles. The summed E-state index contributed by atoms with van der Waals surface area (Å²) in [6.45, 7) is 4.23. The monoisotopic (exact) mass is 508 g/mol. The zero-order chi connectivity index (χ0) is 26.2. The number of ether oxygens (including phenoxy) is 1. The lowest BCUT2D eigenvalue weighted by molar-refractivity contribution is -0.140. The van der Waals surface area contributed by atoms with E-state index in [0.717, 1.165) is 49.7 Å². The van der Waals surface area contributed by atoms with Crippen LogP contribution in [0.15, 0.2) is 54.6 Å². The number of rotatable bonds is 9. The van der Waals surface area contributed by atoms with E-state index in [4.69, 9.17) is 4.74 Å². The van der Waals surface area contributed by atoms with Gasteiger partial charge in [0.05, 0.1) is 5.92 Å². The average molecular weight is 509 g/mol. The molecule has 2 aromatic carbocycles. The second-order valence-corrected chi connectivity index (χ2v) is 11.3. The Kier molecular flexibility index (Phi) is 9.94. The van der Waals surface area contributed by atoms with Gasteiger partial charge >= 0.3 is 5.97 Å². The fraction of sp³-hybridized carbons (Fsp3) is 0.545. The number of benzene rings is 2. The fourth-order valence-corrected chi connectivity index (χ4v) is 6.61. The van der Waals surface area contributed by atoms with Crippen molar-refractivity contribution in [3.05, 3.63) is 77.4 Å². The lowest BCUT2D eigenvalue weighted by atomic mass is 9.68. The Labute approximate surface area is 221 Å². The molecule has 0 aromatic heterocycles. The molecule has 0 radical (unpaired) electrons. The zero-order valence-corrected chi connectivity index (χ0v) is 22.4. The van der Waals surface area contributed by atoms with Crippen LogP contribution in [0.1, 0.15) is 95.1 Å². The molecule has 1 atom stereocenters. The highest BCUT2D eigenvalue weighted by molar-refractivity contribution is 5.75. The number of carbonyl (C=O) groups excluding carboxylic acids is 1. The summed E-state index contributed by atoms with van der Waals surface area (Å²) >= 11 is 0. The van der Waals surface area contributed by atoms with Crippen LogP contribution in [0, 0.1) is 35.3 Å². The van der Waals surface area contributed by atoms with E-state index in [9.17, 15) is 13.6 Å². The summed E-state index contributed by atoms with van der Waals surface area (Å²) in [5.74, 6) is 1.02. The molecule has 0 spiro atoms. The molecular weight excluding hydrogens is 466 g/mol. The van der Waals surface area contributed by atoms with Crippen molar-refractivity contribution < 1.29 is 18.3 Å². The molecule has 0 N–H and O–H groups in total. The summed E-state index contributed by atoms with van der Waals surface area (Å²) in [4.78, 5) is 12.8. The van der Waals surface area contributed by atoms with Gasteiger partial charge in [0.15, 0.2) is 0 Å².